The summed E-state index contributed by atoms with van der Waals surface area (Å²) in [5.41, 5.74) is 0.492. The molecule has 0 aromatic carbocycles. The lowest BCUT2D eigenvalue weighted by Crippen LogP contribution is -2.37. The van der Waals surface area contributed by atoms with Gasteiger partial charge < -0.3 is 5.11 Å². The van der Waals surface area contributed by atoms with Gasteiger partial charge in [0.25, 0.3) is 0 Å². The van der Waals surface area contributed by atoms with Gasteiger partial charge in [0.1, 0.15) is 0 Å². The Kier molecular flexibility index (Phi) is 3.87. The second kappa shape index (κ2) is 5.49. The molecule has 2 heterocycles. The molecule has 2 unspecified atom stereocenters. The molecule has 0 bridgehead atoms. The molecule has 0 radical (unpaired) electrons. The van der Waals surface area contributed by atoms with Gasteiger partial charge in [-0.15, -0.1) is 11.3 Å². The highest BCUT2D eigenvalue weighted by molar-refractivity contribution is 7.15. The molecule has 1 N–H and O–H groups in total. The van der Waals surface area contributed by atoms with Crippen LogP contribution in [0.5, 0.6) is 0 Å². The van der Waals surface area contributed by atoms with Crippen LogP contribution in [0.4, 0.5) is 0 Å². The first-order chi connectivity index (χ1) is 9.54. The lowest BCUT2D eigenvalue weighted by atomic mass is 9.73. The van der Waals surface area contributed by atoms with Gasteiger partial charge in [0, 0.05) is 24.2 Å². The van der Waals surface area contributed by atoms with Gasteiger partial charge in [0.2, 0.25) is 0 Å². The fraction of sp³-hybridized carbons (Fsp3) is 0.688. The van der Waals surface area contributed by atoms with E-state index < -0.39 is 5.60 Å². The number of fused-ring (bicyclic) bond motifs is 1. The highest BCUT2D eigenvalue weighted by Crippen LogP contribution is 2.37. The van der Waals surface area contributed by atoms with Crippen LogP contribution in [0.1, 0.15) is 51.6 Å². The summed E-state index contributed by atoms with van der Waals surface area (Å²) in [5, 5.41) is 13.0. The van der Waals surface area contributed by atoms with Crippen molar-refractivity contribution in [1.29, 1.82) is 0 Å². The molecule has 2 aromatic rings. The SMILES string of the molecule is CC(C)CC1CCCC(O)(Cc2cn3ccsc3n2)C1. The largest absolute Gasteiger partial charge is 0.389 e. The summed E-state index contributed by atoms with van der Waals surface area (Å²) in [6.07, 6.45) is 10.3. The standard InChI is InChI=1S/C16H24N2OS/c1-12(2)8-13-4-3-5-16(19,9-13)10-14-11-18-6-7-20-15(18)17-14/h6-7,11-13,19H,3-5,8-10H2,1-2H3. The number of hydrogen-bond acceptors (Lipinski definition) is 3. The number of hydrogen-bond donors (Lipinski definition) is 1. The average Bonchev–Trinajstić information content (AvgIpc) is 2.87. The predicted octanol–water partition coefficient (Wildman–Crippen LogP) is 3.91. The van der Waals surface area contributed by atoms with Crippen LogP contribution in [-0.4, -0.2) is 20.1 Å². The maximum absolute atomic E-state index is 10.9. The van der Waals surface area contributed by atoms with Crippen molar-refractivity contribution in [3.05, 3.63) is 23.5 Å². The molecule has 1 aliphatic rings. The molecule has 20 heavy (non-hydrogen) atoms. The van der Waals surface area contributed by atoms with E-state index in [2.05, 4.69) is 29.4 Å². The van der Waals surface area contributed by atoms with Gasteiger partial charge in [0.05, 0.1) is 11.3 Å². The van der Waals surface area contributed by atoms with Crippen LogP contribution in [0, 0.1) is 11.8 Å². The van der Waals surface area contributed by atoms with Crippen molar-refractivity contribution < 1.29 is 5.11 Å². The first kappa shape index (κ1) is 14.1. The fourth-order valence-electron chi connectivity index (χ4n) is 3.69. The van der Waals surface area contributed by atoms with Crippen molar-refractivity contribution in [2.75, 3.05) is 0 Å². The first-order valence-electron chi connectivity index (χ1n) is 7.67. The number of nitrogens with zero attached hydrogens (tertiary/aromatic N) is 2. The van der Waals surface area contributed by atoms with E-state index >= 15 is 0 Å². The quantitative estimate of drug-likeness (QED) is 0.928. The number of thiazole rings is 1. The highest BCUT2D eigenvalue weighted by atomic mass is 32.1. The van der Waals surface area contributed by atoms with Gasteiger partial charge in [-0.3, -0.25) is 4.40 Å². The third-order valence-corrected chi connectivity index (χ3v) is 5.15. The minimum absolute atomic E-state index is 0.540. The molecule has 0 amide bonds. The average molecular weight is 292 g/mol. The van der Waals surface area contributed by atoms with Gasteiger partial charge in [-0.1, -0.05) is 26.7 Å². The van der Waals surface area contributed by atoms with Crippen molar-refractivity contribution in [1.82, 2.24) is 9.38 Å². The Labute approximate surface area is 124 Å². The maximum atomic E-state index is 10.9. The summed E-state index contributed by atoms with van der Waals surface area (Å²) in [6, 6.07) is 0. The number of rotatable bonds is 4. The minimum Gasteiger partial charge on any atom is -0.389 e. The number of imidazole rings is 1. The summed E-state index contributed by atoms with van der Waals surface area (Å²) in [5.74, 6) is 1.40. The van der Waals surface area contributed by atoms with Crippen LogP contribution in [-0.2, 0) is 6.42 Å². The summed E-state index contributed by atoms with van der Waals surface area (Å²) in [7, 11) is 0. The Morgan fingerprint density at radius 1 is 1.55 bits per heavy atom. The third-order valence-electron chi connectivity index (χ3n) is 4.38. The zero-order valence-electron chi connectivity index (χ0n) is 12.4. The number of aromatic nitrogens is 2. The lowest BCUT2D eigenvalue weighted by Gasteiger charge is -2.37. The highest BCUT2D eigenvalue weighted by Gasteiger charge is 2.35. The van der Waals surface area contributed by atoms with E-state index in [0.29, 0.717) is 12.3 Å². The summed E-state index contributed by atoms with van der Waals surface area (Å²) in [4.78, 5) is 5.65. The molecule has 0 spiro atoms. The molecular weight excluding hydrogens is 268 g/mol. The summed E-state index contributed by atoms with van der Waals surface area (Å²) < 4.78 is 2.05. The molecule has 1 fully saturated rings. The molecule has 1 saturated carbocycles. The fourth-order valence-corrected chi connectivity index (χ4v) is 4.41. The molecule has 2 aromatic heterocycles. The topological polar surface area (TPSA) is 37.5 Å². The van der Waals surface area contributed by atoms with E-state index in [1.165, 1.54) is 12.8 Å². The van der Waals surface area contributed by atoms with Crippen LogP contribution in [0.2, 0.25) is 0 Å². The maximum Gasteiger partial charge on any atom is 0.193 e. The summed E-state index contributed by atoms with van der Waals surface area (Å²) in [6.45, 7) is 4.55. The van der Waals surface area contributed by atoms with Crippen LogP contribution < -0.4 is 0 Å². The molecule has 3 nitrogen and oxygen atoms in total. The van der Waals surface area contributed by atoms with Gasteiger partial charge in [-0.2, -0.15) is 0 Å². The molecule has 1 aliphatic carbocycles. The Bertz CT molecular complexity index is 545. The van der Waals surface area contributed by atoms with Crippen molar-refractivity contribution in [3.8, 4) is 0 Å². The zero-order valence-corrected chi connectivity index (χ0v) is 13.2. The van der Waals surface area contributed by atoms with Crippen molar-refractivity contribution in [2.24, 2.45) is 11.8 Å². The summed E-state index contributed by atoms with van der Waals surface area (Å²) >= 11 is 1.65. The van der Waals surface area contributed by atoms with E-state index in [-0.39, 0.29) is 0 Å². The van der Waals surface area contributed by atoms with Crippen LogP contribution >= 0.6 is 11.3 Å². The molecule has 4 heteroatoms. The van der Waals surface area contributed by atoms with E-state index in [0.717, 1.165) is 35.8 Å². The third kappa shape index (κ3) is 3.07. The molecular formula is C16H24N2OS. The van der Waals surface area contributed by atoms with E-state index in [4.69, 9.17) is 0 Å². The Hall–Kier alpha value is -0.870. The van der Waals surface area contributed by atoms with Gasteiger partial charge in [0.15, 0.2) is 4.96 Å². The van der Waals surface area contributed by atoms with Crippen LogP contribution in [0.25, 0.3) is 4.96 Å². The normalized spacial score (nSPS) is 27.5. The predicted molar refractivity (Wildman–Crippen MR) is 83.1 cm³/mol. The molecule has 3 rings (SSSR count). The minimum atomic E-state index is -0.540. The second-order valence-corrected chi connectivity index (χ2v) is 7.69. The molecule has 0 aliphatic heterocycles. The monoisotopic (exact) mass is 292 g/mol. The Morgan fingerprint density at radius 2 is 2.40 bits per heavy atom. The Morgan fingerprint density at radius 3 is 3.15 bits per heavy atom. The number of aliphatic hydroxyl groups is 1. The molecule has 0 saturated heterocycles. The smallest absolute Gasteiger partial charge is 0.193 e. The zero-order chi connectivity index (χ0) is 14.2. The van der Waals surface area contributed by atoms with Crippen LogP contribution in [0.15, 0.2) is 17.8 Å². The Balaban J connectivity index is 1.69. The van der Waals surface area contributed by atoms with Gasteiger partial charge in [-0.05, 0) is 31.1 Å². The van der Waals surface area contributed by atoms with E-state index in [1.54, 1.807) is 11.3 Å². The lowest BCUT2D eigenvalue weighted by molar-refractivity contribution is -0.0195. The second-order valence-electron chi connectivity index (χ2n) is 6.82. The van der Waals surface area contributed by atoms with Crippen molar-refractivity contribution in [3.63, 3.8) is 0 Å². The van der Waals surface area contributed by atoms with Gasteiger partial charge >= 0.3 is 0 Å². The van der Waals surface area contributed by atoms with E-state index in [1.807, 2.05) is 11.6 Å². The molecule has 2 atom stereocenters. The van der Waals surface area contributed by atoms with E-state index in [9.17, 15) is 5.11 Å². The first-order valence-corrected chi connectivity index (χ1v) is 8.55. The van der Waals surface area contributed by atoms with Crippen molar-refractivity contribution >= 4 is 16.3 Å². The van der Waals surface area contributed by atoms with Gasteiger partial charge in [-0.25, -0.2) is 4.98 Å². The van der Waals surface area contributed by atoms with Crippen molar-refractivity contribution in [2.45, 2.75) is 58.0 Å². The molecule has 110 valence electrons. The van der Waals surface area contributed by atoms with Crippen LogP contribution in [0.3, 0.4) is 0 Å².